The van der Waals surface area contributed by atoms with Crippen LogP contribution < -0.4 is 11.1 Å². The van der Waals surface area contributed by atoms with Crippen molar-refractivity contribution in [1.29, 1.82) is 0 Å². The van der Waals surface area contributed by atoms with Crippen LogP contribution in [0.2, 0.25) is 0 Å². The standard InChI is InChI=1S/C10H12N2O.C2H6/c1-12-7-6-10(13)8-4-2-3-5-9(8)11;1-2/h2-7,12H,11H2,1H3;1-2H3/b7-6+;. The molecule has 1 aromatic rings. The third-order valence-electron chi connectivity index (χ3n) is 1.63. The van der Waals surface area contributed by atoms with Crippen LogP contribution in [0.3, 0.4) is 0 Å². The first-order valence-electron chi connectivity index (χ1n) is 4.98. The SMILES string of the molecule is CC.CN/C=C/C(=O)c1ccccc1N. The first-order valence-corrected chi connectivity index (χ1v) is 4.98. The molecule has 0 aliphatic rings. The van der Waals surface area contributed by atoms with Gasteiger partial charge in [0.2, 0.25) is 0 Å². The zero-order valence-electron chi connectivity index (χ0n) is 9.45. The number of nitrogen functional groups attached to an aromatic ring is 1. The molecular weight excluding hydrogens is 188 g/mol. The lowest BCUT2D eigenvalue weighted by atomic mass is 10.1. The molecule has 3 nitrogen and oxygen atoms in total. The number of hydrogen-bond donors (Lipinski definition) is 2. The molecule has 0 aliphatic heterocycles. The molecule has 1 aromatic carbocycles. The Kier molecular flexibility index (Phi) is 6.72. The maximum absolute atomic E-state index is 11.4. The summed E-state index contributed by atoms with van der Waals surface area (Å²) in [5, 5.41) is 2.75. The van der Waals surface area contributed by atoms with Gasteiger partial charge in [-0.15, -0.1) is 0 Å². The van der Waals surface area contributed by atoms with E-state index in [0.717, 1.165) is 0 Å². The summed E-state index contributed by atoms with van der Waals surface area (Å²) >= 11 is 0. The summed E-state index contributed by atoms with van der Waals surface area (Å²) in [6.07, 6.45) is 3.03. The first kappa shape index (κ1) is 13.2. The van der Waals surface area contributed by atoms with Crippen LogP contribution in [0.5, 0.6) is 0 Å². The number of benzene rings is 1. The summed E-state index contributed by atoms with van der Waals surface area (Å²) in [6.45, 7) is 4.00. The second-order valence-electron chi connectivity index (χ2n) is 2.57. The van der Waals surface area contributed by atoms with Crippen LogP contribution in [0.1, 0.15) is 24.2 Å². The van der Waals surface area contributed by atoms with Crippen molar-refractivity contribution >= 4 is 11.5 Å². The number of rotatable bonds is 3. The summed E-state index contributed by atoms with van der Waals surface area (Å²) in [7, 11) is 1.73. The van der Waals surface area contributed by atoms with Crippen molar-refractivity contribution in [3.8, 4) is 0 Å². The molecule has 0 saturated heterocycles. The number of para-hydroxylation sites is 1. The highest BCUT2D eigenvalue weighted by Gasteiger charge is 2.03. The van der Waals surface area contributed by atoms with E-state index in [1.54, 1.807) is 37.5 Å². The van der Waals surface area contributed by atoms with Gasteiger partial charge >= 0.3 is 0 Å². The maximum Gasteiger partial charge on any atom is 0.189 e. The number of ketones is 1. The van der Waals surface area contributed by atoms with Crippen LogP contribution in [0.15, 0.2) is 36.5 Å². The monoisotopic (exact) mass is 206 g/mol. The van der Waals surface area contributed by atoms with Crippen molar-refractivity contribution in [1.82, 2.24) is 5.32 Å². The number of anilines is 1. The predicted octanol–water partition coefficient (Wildman–Crippen LogP) is 2.21. The summed E-state index contributed by atoms with van der Waals surface area (Å²) in [5.74, 6) is -0.0903. The average Bonchev–Trinajstić information content (AvgIpc) is 2.29. The third kappa shape index (κ3) is 4.31. The molecule has 3 N–H and O–H groups in total. The molecule has 15 heavy (non-hydrogen) atoms. The Morgan fingerprint density at radius 3 is 2.47 bits per heavy atom. The van der Waals surface area contributed by atoms with Gasteiger partial charge in [-0.05, 0) is 12.1 Å². The minimum absolute atomic E-state index is 0.0903. The van der Waals surface area contributed by atoms with E-state index in [9.17, 15) is 4.79 Å². The fourth-order valence-electron chi connectivity index (χ4n) is 0.970. The molecule has 0 heterocycles. The minimum atomic E-state index is -0.0903. The Hall–Kier alpha value is -1.77. The fraction of sp³-hybridized carbons (Fsp3) is 0.250. The van der Waals surface area contributed by atoms with Gasteiger partial charge in [-0.2, -0.15) is 0 Å². The molecule has 0 fully saturated rings. The number of carbonyl (C=O) groups excluding carboxylic acids is 1. The summed E-state index contributed by atoms with van der Waals surface area (Å²) < 4.78 is 0. The average molecular weight is 206 g/mol. The molecule has 0 radical (unpaired) electrons. The molecule has 0 bridgehead atoms. The van der Waals surface area contributed by atoms with Crippen molar-refractivity contribution in [2.45, 2.75) is 13.8 Å². The Labute approximate surface area is 91.0 Å². The van der Waals surface area contributed by atoms with Crippen molar-refractivity contribution in [3.63, 3.8) is 0 Å². The summed E-state index contributed by atoms with van der Waals surface area (Å²) in [4.78, 5) is 11.4. The predicted molar refractivity (Wildman–Crippen MR) is 64.7 cm³/mol. The maximum atomic E-state index is 11.4. The topological polar surface area (TPSA) is 55.1 Å². The Morgan fingerprint density at radius 1 is 1.33 bits per heavy atom. The molecule has 0 aliphatic carbocycles. The fourth-order valence-corrected chi connectivity index (χ4v) is 0.970. The molecule has 82 valence electrons. The van der Waals surface area contributed by atoms with Crippen molar-refractivity contribution < 1.29 is 4.79 Å². The number of carbonyl (C=O) groups is 1. The van der Waals surface area contributed by atoms with Gasteiger partial charge in [0.15, 0.2) is 5.78 Å². The highest BCUT2D eigenvalue weighted by atomic mass is 16.1. The van der Waals surface area contributed by atoms with Gasteiger partial charge in [0.1, 0.15) is 0 Å². The molecule has 0 aromatic heterocycles. The highest BCUT2D eigenvalue weighted by molar-refractivity contribution is 6.07. The number of nitrogens with one attached hydrogen (secondary N) is 1. The van der Waals surface area contributed by atoms with Gasteiger partial charge in [-0.1, -0.05) is 26.0 Å². The largest absolute Gasteiger partial charge is 0.398 e. The lowest BCUT2D eigenvalue weighted by Gasteiger charge is -1.99. The van der Waals surface area contributed by atoms with E-state index in [1.165, 1.54) is 6.08 Å². The Balaban J connectivity index is 0.000000921. The second kappa shape index (κ2) is 7.62. The Morgan fingerprint density at radius 2 is 1.93 bits per heavy atom. The second-order valence-corrected chi connectivity index (χ2v) is 2.57. The van der Waals surface area contributed by atoms with Crippen LogP contribution >= 0.6 is 0 Å². The van der Waals surface area contributed by atoms with Crippen LogP contribution in [0.25, 0.3) is 0 Å². The van der Waals surface area contributed by atoms with E-state index >= 15 is 0 Å². The quantitative estimate of drug-likeness (QED) is 0.453. The lowest BCUT2D eigenvalue weighted by Crippen LogP contribution is -2.02. The van der Waals surface area contributed by atoms with Gasteiger partial charge in [0.25, 0.3) is 0 Å². The van der Waals surface area contributed by atoms with E-state index in [2.05, 4.69) is 5.32 Å². The van der Waals surface area contributed by atoms with E-state index in [0.29, 0.717) is 11.3 Å². The van der Waals surface area contributed by atoms with E-state index < -0.39 is 0 Å². The van der Waals surface area contributed by atoms with Gasteiger partial charge in [0, 0.05) is 30.6 Å². The minimum Gasteiger partial charge on any atom is -0.398 e. The molecular formula is C12H18N2O. The summed E-state index contributed by atoms with van der Waals surface area (Å²) in [5.41, 5.74) is 6.66. The number of nitrogens with two attached hydrogens (primary N) is 1. The van der Waals surface area contributed by atoms with Crippen molar-refractivity contribution in [2.75, 3.05) is 12.8 Å². The van der Waals surface area contributed by atoms with E-state index in [1.807, 2.05) is 13.8 Å². The molecule has 1 rings (SSSR count). The first-order chi connectivity index (χ1) is 7.25. The van der Waals surface area contributed by atoms with E-state index in [4.69, 9.17) is 5.73 Å². The van der Waals surface area contributed by atoms with E-state index in [-0.39, 0.29) is 5.78 Å². The zero-order valence-corrected chi connectivity index (χ0v) is 9.45. The smallest absolute Gasteiger partial charge is 0.189 e. The van der Waals surface area contributed by atoms with Crippen molar-refractivity contribution in [3.05, 3.63) is 42.1 Å². The molecule has 0 atom stereocenters. The molecule has 0 spiro atoms. The lowest BCUT2D eigenvalue weighted by molar-refractivity contribution is 0.104. The molecule has 3 heteroatoms. The van der Waals surface area contributed by atoms with Gasteiger partial charge in [-0.25, -0.2) is 0 Å². The normalized spacial score (nSPS) is 9.27. The van der Waals surface area contributed by atoms with Crippen LogP contribution in [0, 0.1) is 0 Å². The number of allylic oxidation sites excluding steroid dienone is 1. The number of hydrogen-bond acceptors (Lipinski definition) is 3. The van der Waals surface area contributed by atoms with Gasteiger partial charge in [0.05, 0.1) is 0 Å². The highest BCUT2D eigenvalue weighted by Crippen LogP contribution is 2.11. The molecule has 0 amide bonds. The van der Waals surface area contributed by atoms with Crippen LogP contribution in [-0.2, 0) is 0 Å². The van der Waals surface area contributed by atoms with Gasteiger partial charge < -0.3 is 11.1 Å². The third-order valence-corrected chi connectivity index (χ3v) is 1.63. The molecule has 0 unspecified atom stereocenters. The summed E-state index contributed by atoms with van der Waals surface area (Å²) in [6, 6.07) is 7.00. The Bertz CT molecular complexity index is 332. The van der Waals surface area contributed by atoms with Crippen LogP contribution in [-0.4, -0.2) is 12.8 Å². The van der Waals surface area contributed by atoms with Crippen LogP contribution in [0.4, 0.5) is 5.69 Å². The molecule has 0 saturated carbocycles. The van der Waals surface area contributed by atoms with Gasteiger partial charge in [-0.3, -0.25) is 4.79 Å². The van der Waals surface area contributed by atoms with Crippen molar-refractivity contribution in [2.24, 2.45) is 0 Å². The zero-order chi connectivity index (χ0) is 11.7.